The Labute approximate surface area is 120 Å². The van der Waals surface area contributed by atoms with E-state index in [1.807, 2.05) is 4.90 Å². The Morgan fingerprint density at radius 3 is 2.65 bits per heavy atom. The van der Waals surface area contributed by atoms with E-state index in [-0.39, 0.29) is 12.6 Å². The summed E-state index contributed by atoms with van der Waals surface area (Å²) in [6, 6.07) is -0.0883. The summed E-state index contributed by atoms with van der Waals surface area (Å²) < 4.78 is 0. The number of carboxylic acids is 1. The molecule has 0 bridgehead atoms. The Kier molecular flexibility index (Phi) is 4.89. The Balaban J connectivity index is 1.76. The number of hydrogen-bond acceptors (Lipinski definition) is 2. The minimum absolute atomic E-state index is 0.0883. The molecule has 1 saturated heterocycles. The number of hydrogen-bond donors (Lipinski definition) is 2. The van der Waals surface area contributed by atoms with Crippen LogP contribution in [0.3, 0.4) is 0 Å². The molecule has 2 aliphatic rings. The number of carbonyl (C=O) groups excluding carboxylic acids is 1. The maximum atomic E-state index is 12.1. The van der Waals surface area contributed by atoms with E-state index < -0.39 is 11.4 Å². The van der Waals surface area contributed by atoms with Gasteiger partial charge in [0.15, 0.2) is 0 Å². The third kappa shape index (κ3) is 3.64. The summed E-state index contributed by atoms with van der Waals surface area (Å²) in [4.78, 5) is 25.1. The minimum Gasteiger partial charge on any atom is -0.481 e. The van der Waals surface area contributed by atoms with Crippen LogP contribution in [0.25, 0.3) is 0 Å². The first-order chi connectivity index (χ1) is 9.57. The first-order valence-electron chi connectivity index (χ1n) is 7.83. The van der Waals surface area contributed by atoms with Crippen molar-refractivity contribution in [3.8, 4) is 0 Å². The molecule has 2 rings (SSSR count). The van der Waals surface area contributed by atoms with Gasteiger partial charge in [-0.1, -0.05) is 19.8 Å². The Morgan fingerprint density at radius 1 is 1.30 bits per heavy atom. The number of nitrogens with one attached hydrogen (secondary N) is 1. The number of carboxylic acid groups (broad SMARTS) is 1. The number of rotatable bonds is 5. The molecule has 0 aromatic rings. The quantitative estimate of drug-likeness (QED) is 0.814. The van der Waals surface area contributed by atoms with Gasteiger partial charge in [0.25, 0.3) is 0 Å². The largest absolute Gasteiger partial charge is 0.481 e. The van der Waals surface area contributed by atoms with Crippen LogP contribution in [0.5, 0.6) is 0 Å². The zero-order valence-electron chi connectivity index (χ0n) is 12.4. The van der Waals surface area contributed by atoms with E-state index in [1.165, 1.54) is 19.3 Å². The highest BCUT2D eigenvalue weighted by atomic mass is 16.4. The number of aliphatic carboxylic acids is 1. The van der Waals surface area contributed by atoms with Crippen LogP contribution in [-0.4, -0.2) is 41.6 Å². The summed E-state index contributed by atoms with van der Waals surface area (Å²) in [5.74, 6) is -0.0386. The predicted octanol–water partition coefficient (Wildman–Crippen LogP) is 2.46. The van der Waals surface area contributed by atoms with Crippen molar-refractivity contribution in [2.45, 2.75) is 51.9 Å². The summed E-state index contributed by atoms with van der Waals surface area (Å²) in [5, 5.41) is 11.9. The van der Waals surface area contributed by atoms with Crippen molar-refractivity contribution in [1.29, 1.82) is 0 Å². The Bertz CT molecular complexity index is 366. The zero-order valence-corrected chi connectivity index (χ0v) is 12.4. The van der Waals surface area contributed by atoms with E-state index in [9.17, 15) is 9.59 Å². The second-order valence-electron chi connectivity index (χ2n) is 6.32. The minimum atomic E-state index is -0.781. The lowest BCUT2D eigenvalue weighted by atomic mass is 9.96. The van der Waals surface area contributed by atoms with Crippen molar-refractivity contribution in [3.05, 3.63) is 0 Å². The summed E-state index contributed by atoms with van der Waals surface area (Å²) in [6.07, 6.45) is 7.15. The molecule has 5 nitrogen and oxygen atoms in total. The molecule has 2 N–H and O–H groups in total. The van der Waals surface area contributed by atoms with Gasteiger partial charge in [0, 0.05) is 19.6 Å². The molecule has 1 unspecified atom stereocenters. The number of amides is 2. The van der Waals surface area contributed by atoms with Crippen molar-refractivity contribution in [3.63, 3.8) is 0 Å². The van der Waals surface area contributed by atoms with Crippen molar-refractivity contribution >= 4 is 12.0 Å². The molecule has 0 spiro atoms. The molecule has 1 atom stereocenters. The highest BCUT2D eigenvalue weighted by Crippen LogP contribution is 2.45. The molecule has 5 heteroatoms. The van der Waals surface area contributed by atoms with Crippen LogP contribution in [-0.2, 0) is 4.79 Å². The van der Waals surface area contributed by atoms with Crippen molar-refractivity contribution in [2.75, 3.05) is 19.6 Å². The first kappa shape index (κ1) is 15.1. The number of nitrogens with zero attached hydrogens (tertiary/aromatic N) is 1. The SMILES string of the molecule is CCCC1CCCN(C(=O)NCC2(C(=O)O)CC2)CC1. The summed E-state index contributed by atoms with van der Waals surface area (Å²) >= 11 is 0. The van der Waals surface area contributed by atoms with Gasteiger partial charge < -0.3 is 15.3 Å². The third-order valence-electron chi connectivity index (χ3n) is 4.72. The van der Waals surface area contributed by atoms with Gasteiger partial charge in [-0.05, 0) is 38.0 Å². The maximum Gasteiger partial charge on any atom is 0.317 e. The van der Waals surface area contributed by atoms with Crippen molar-refractivity contribution < 1.29 is 14.7 Å². The van der Waals surface area contributed by atoms with Crippen molar-refractivity contribution in [1.82, 2.24) is 10.2 Å². The fourth-order valence-electron chi connectivity index (χ4n) is 3.04. The molecule has 1 aliphatic heterocycles. The highest BCUT2D eigenvalue weighted by molar-refractivity contribution is 5.80. The van der Waals surface area contributed by atoms with Gasteiger partial charge in [-0.15, -0.1) is 0 Å². The molecule has 2 amide bonds. The lowest BCUT2D eigenvalue weighted by molar-refractivity contribution is -0.143. The van der Waals surface area contributed by atoms with Crippen LogP contribution >= 0.6 is 0 Å². The van der Waals surface area contributed by atoms with Crippen LogP contribution in [0.1, 0.15) is 51.9 Å². The van der Waals surface area contributed by atoms with E-state index in [1.54, 1.807) is 0 Å². The Morgan fingerprint density at radius 2 is 2.05 bits per heavy atom. The van der Waals surface area contributed by atoms with Gasteiger partial charge in [0.2, 0.25) is 0 Å². The summed E-state index contributed by atoms with van der Waals surface area (Å²) in [6.45, 7) is 4.08. The third-order valence-corrected chi connectivity index (χ3v) is 4.72. The van der Waals surface area contributed by atoms with Crippen LogP contribution in [0.4, 0.5) is 4.79 Å². The standard InChI is InChI=1S/C15H26N2O3/c1-2-4-12-5-3-9-17(10-6-12)14(20)16-11-15(7-8-15)13(18)19/h12H,2-11H2,1H3,(H,16,20)(H,18,19). The van der Waals surface area contributed by atoms with Crippen LogP contribution in [0, 0.1) is 11.3 Å². The average Bonchev–Trinajstić information content (AvgIpc) is 3.21. The van der Waals surface area contributed by atoms with E-state index >= 15 is 0 Å². The molecule has 1 saturated carbocycles. The molecule has 20 heavy (non-hydrogen) atoms. The molecular formula is C15H26N2O3. The fourth-order valence-corrected chi connectivity index (χ4v) is 3.04. The van der Waals surface area contributed by atoms with Crippen LogP contribution < -0.4 is 5.32 Å². The maximum absolute atomic E-state index is 12.1. The number of urea groups is 1. The summed E-state index contributed by atoms with van der Waals surface area (Å²) in [7, 11) is 0. The monoisotopic (exact) mass is 282 g/mol. The molecule has 0 aromatic carbocycles. The molecular weight excluding hydrogens is 256 g/mol. The van der Waals surface area contributed by atoms with E-state index in [4.69, 9.17) is 5.11 Å². The molecule has 0 radical (unpaired) electrons. The first-order valence-corrected chi connectivity index (χ1v) is 7.83. The average molecular weight is 282 g/mol. The topological polar surface area (TPSA) is 69.6 Å². The lowest BCUT2D eigenvalue weighted by Crippen LogP contribution is -2.44. The molecule has 0 aromatic heterocycles. The van der Waals surface area contributed by atoms with Crippen molar-refractivity contribution in [2.24, 2.45) is 11.3 Å². The van der Waals surface area contributed by atoms with Crippen LogP contribution in [0.15, 0.2) is 0 Å². The predicted molar refractivity (Wildman–Crippen MR) is 76.5 cm³/mol. The molecule has 1 heterocycles. The van der Waals surface area contributed by atoms with Gasteiger partial charge in [-0.2, -0.15) is 0 Å². The smallest absolute Gasteiger partial charge is 0.317 e. The molecule has 2 fully saturated rings. The zero-order chi connectivity index (χ0) is 14.6. The second kappa shape index (κ2) is 6.46. The van der Waals surface area contributed by atoms with Gasteiger partial charge in [-0.25, -0.2) is 4.79 Å². The summed E-state index contributed by atoms with van der Waals surface area (Å²) in [5.41, 5.74) is -0.674. The second-order valence-corrected chi connectivity index (χ2v) is 6.32. The van der Waals surface area contributed by atoms with E-state index in [0.717, 1.165) is 31.8 Å². The van der Waals surface area contributed by atoms with Gasteiger partial charge in [0.1, 0.15) is 0 Å². The molecule has 1 aliphatic carbocycles. The van der Waals surface area contributed by atoms with Crippen LogP contribution in [0.2, 0.25) is 0 Å². The van der Waals surface area contributed by atoms with Gasteiger partial charge in [0.05, 0.1) is 5.41 Å². The number of carbonyl (C=O) groups is 2. The van der Waals surface area contributed by atoms with Gasteiger partial charge >= 0.3 is 12.0 Å². The fraction of sp³-hybridized carbons (Fsp3) is 0.867. The Hall–Kier alpha value is -1.26. The lowest BCUT2D eigenvalue weighted by Gasteiger charge is -2.22. The highest BCUT2D eigenvalue weighted by Gasteiger charge is 2.50. The van der Waals surface area contributed by atoms with Gasteiger partial charge in [-0.3, -0.25) is 4.79 Å². The normalized spacial score (nSPS) is 24.9. The van der Waals surface area contributed by atoms with E-state index in [2.05, 4.69) is 12.2 Å². The number of likely N-dealkylation sites (tertiary alicyclic amines) is 1. The molecule has 114 valence electrons. The van der Waals surface area contributed by atoms with E-state index in [0.29, 0.717) is 12.8 Å².